The van der Waals surface area contributed by atoms with Gasteiger partial charge in [0.1, 0.15) is 0 Å². The summed E-state index contributed by atoms with van der Waals surface area (Å²) < 4.78 is 1.99. The summed E-state index contributed by atoms with van der Waals surface area (Å²) >= 11 is 0. The number of hydrogen-bond donors (Lipinski definition) is 0. The molecule has 0 aliphatic carbocycles. The quantitative estimate of drug-likeness (QED) is 0.694. The summed E-state index contributed by atoms with van der Waals surface area (Å²) in [6.07, 6.45) is 5.15. The van der Waals surface area contributed by atoms with Crippen molar-refractivity contribution in [2.45, 2.75) is 39.5 Å². The first-order chi connectivity index (χ1) is 7.02. The van der Waals surface area contributed by atoms with E-state index < -0.39 is 0 Å². The van der Waals surface area contributed by atoms with Crippen LogP contribution in [0.25, 0.3) is 5.52 Å². The van der Waals surface area contributed by atoms with E-state index in [1.54, 1.807) is 0 Å². The Bertz CT molecular complexity index is 475. The van der Waals surface area contributed by atoms with Crippen LogP contribution in [-0.2, 0) is 11.8 Å². The molecule has 0 aromatic carbocycles. The van der Waals surface area contributed by atoms with Gasteiger partial charge in [-0.3, -0.25) is 0 Å². The van der Waals surface area contributed by atoms with Crippen LogP contribution in [0.15, 0.2) is 24.5 Å². The molecule has 0 aliphatic heterocycles. The zero-order chi connectivity index (χ0) is 11.1. The monoisotopic (exact) mass is 202 g/mol. The Labute approximate surface area is 90.9 Å². The van der Waals surface area contributed by atoms with Crippen LogP contribution in [0, 0.1) is 0 Å². The van der Waals surface area contributed by atoms with E-state index in [4.69, 9.17) is 0 Å². The molecule has 2 heterocycles. The minimum absolute atomic E-state index is 0.162. The molecule has 0 saturated heterocycles. The molecule has 0 bridgehead atoms. The highest BCUT2D eigenvalue weighted by molar-refractivity contribution is 5.56. The number of aryl methyl sites for hydroxylation is 1. The van der Waals surface area contributed by atoms with Crippen LogP contribution in [0.2, 0.25) is 0 Å². The first-order valence-corrected chi connectivity index (χ1v) is 5.49. The van der Waals surface area contributed by atoms with Gasteiger partial charge in [-0.25, -0.2) is 4.52 Å². The topological polar surface area (TPSA) is 17.3 Å². The predicted octanol–water partition coefficient (Wildman–Crippen LogP) is 3.19. The van der Waals surface area contributed by atoms with Gasteiger partial charge in [-0.1, -0.05) is 33.8 Å². The maximum absolute atomic E-state index is 4.41. The number of pyridine rings is 1. The first kappa shape index (κ1) is 10.2. The highest BCUT2D eigenvalue weighted by Gasteiger charge is 2.18. The molecule has 0 saturated carbocycles. The van der Waals surface area contributed by atoms with Crippen molar-refractivity contribution in [3.05, 3.63) is 35.7 Å². The molecular weight excluding hydrogens is 184 g/mol. The zero-order valence-corrected chi connectivity index (χ0v) is 9.91. The van der Waals surface area contributed by atoms with E-state index in [1.807, 2.05) is 10.7 Å². The number of aromatic nitrogens is 2. The average Bonchev–Trinajstić information content (AvgIpc) is 2.59. The molecule has 2 aromatic heterocycles. The third-order valence-corrected chi connectivity index (χ3v) is 2.79. The Morgan fingerprint density at radius 2 is 2.00 bits per heavy atom. The van der Waals surface area contributed by atoms with E-state index >= 15 is 0 Å². The predicted molar refractivity (Wildman–Crippen MR) is 63.3 cm³/mol. The molecule has 0 radical (unpaired) electrons. The summed E-state index contributed by atoms with van der Waals surface area (Å²) in [5.41, 5.74) is 4.02. The van der Waals surface area contributed by atoms with Gasteiger partial charge in [0.15, 0.2) is 0 Å². The molecule has 0 atom stereocenters. The van der Waals surface area contributed by atoms with Crippen molar-refractivity contribution in [1.29, 1.82) is 0 Å². The van der Waals surface area contributed by atoms with Gasteiger partial charge in [-0.15, -0.1) is 0 Å². The number of rotatable bonds is 1. The molecule has 2 nitrogen and oxygen atoms in total. The van der Waals surface area contributed by atoms with Gasteiger partial charge in [-0.2, -0.15) is 5.10 Å². The third-order valence-electron chi connectivity index (χ3n) is 2.79. The van der Waals surface area contributed by atoms with Crippen molar-refractivity contribution >= 4 is 5.52 Å². The maximum atomic E-state index is 4.41. The fraction of sp³-hybridized carbons (Fsp3) is 0.462. The van der Waals surface area contributed by atoms with Crippen molar-refractivity contribution < 1.29 is 0 Å². The van der Waals surface area contributed by atoms with E-state index in [2.05, 4.69) is 51.1 Å². The van der Waals surface area contributed by atoms with Crippen LogP contribution in [0.5, 0.6) is 0 Å². The fourth-order valence-electron chi connectivity index (χ4n) is 1.81. The second-order valence-corrected chi connectivity index (χ2v) is 5.03. The van der Waals surface area contributed by atoms with E-state index in [0.29, 0.717) is 0 Å². The standard InChI is InChI=1S/C13H18N2/c1-5-10-6-7-12-11(13(2,3)4)8-14-15(12)9-10/h6-9H,5H2,1-4H3. The van der Waals surface area contributed by atoms with Crippen LogP contribution in [0.1, 0.15) is 38.8 Å². The average molecular weight is 202 g/mol. The van der Waals surface area contributed by atoms with Gasteiger partial charge in [0.25, 0.3) is 0 Å². The molecule has 2 rings (SSSR count). The summed E-state index contributed by atoms with van der Waals surface area (Å²) in [5, 5.41) is 4.41. The summed E-state index contributed by atoms with van der Waals surface area (Å²) in [7, 11) is 0. The molecule has 0 aliphatic rings. The second kappa shape index (κ2) is 3.37. The maximum Gasteiger partial charge on any atom is 0.0699 e. The molecule has 15 heavy (non-hydrogen) atoms. The molecule has 0 amide bonds. The largest absolute Gasteiger partial charge is 0.240 e. The molecule has 2 heteroatoms. The SMILES string of the molecule is CCc1ccc2c(C(C)(C)C)cnn2c1. The van der Waals surface area contributed by atoms with Crippen LogP contribution < -0.4 is 0 Å². The summed E-state index contributed by atoms with van der Waals surface area (Å²) in [6, 6.07) is 4.36. The van der Waals surface area contributed by atoms with Crippen molar-refractivity contribution in [2.75, 3.05) is 0 Å². The minimum Gasteiger partial charge on any atom is -0.240 e. The number of fused-ring (bicyclic) bond motifs is 1. The minimum atomic E-state index is 0.162. The summed E-state index contributed by atoms with van der Waals surface area (Å²) in [5.74, 6) is 0. The van der Waals surface area contributed by atoms with Crippen LogP contribution in [-0.4, -0.2) is 9.61 Å². The van der Waals surface area contributed by atoms with Crippen molar-refractivity contribution in [2.24, 2.45) is 0 Å². The summed E-state index contributed by atoms with van der Waals surface area (Å²) in [4.78, 5) is 0. The lowest BCUT2D eigenvalue weighted by atomic mass is 9.88. The lowest BCUT2D eigenvalue weighted by Gasteiger charge is -2.16. The van der Waals surface area contributed by atoms with Crippen molar-refractivity contribution in [3.8, 4) is 0 Å². The Morgan fingerprint density at radius 3 is 2.60 bits per heavy atom. The van der Waals surface area contributed by atoms with Crippen molar-refractivity contribution in [3.63, 3.8) is 0 Å². The molecule has 0 spiro atoms. The number of hydrogen-bond acceptors (Lipinski definition) is 1. The number of nitrogens with zero attached hydrogens (tertiary/aromatic N) is 2. The van der Waals surface area contributed by atoms with Gasteiger partial charge in [0.05, 0.1) is 11.7 Å². The van der Waals surface area contributed by atoms with E-state index in [0.717, 1.165) is 6.42 Å². The molecule has 0 fully saturated rings. The van der Waals surface area contributed by atoms with Crippen molar-refractivity contribution in [1.82, 2.24) is 9.61 Å². The molecule has 80 valence electrons. The Hall–Kier alpha value is -1.31. The first-order valence-electron chi connectivity index (χ1n) is 5.49. The van der Waals surface area contributed by atoms with Gasteiger partial charge in [0.2, 0.25) is 0 Å². The van der Waals surface area contributed by atoms with Gasteiger partial charge in [-0.05, 0) is 23.5 Å². The van der Waals surface area contributed by atoms with Crippen LogP contribution in [0.4, 0.5) is 0 Å². The highest BCUT2D eigenvalue weighted by atomic mass is 15.2. The Balaban J connectivity index is 2.62. The highest BCUT2D eigenvalue weighted by Crippen LogP contribution is 2.26. The molecule has 0 N–H and O–H groups in total. The molecular formula is C13H18N2. The lowest BCUT2D eigenvalue weighted by molar-refractivity contribution is 0.595. The lowest BCUT2D eigenvalue weighted by Crippen LogP contribution is -2.10. The van der Waals surface area contributed by atoms with E-state index in [1.165, 1.54) is 16.6 Å². The molecule has 0 unspecified atom stereocenters. The van der Waals surface area contributed by atoms with Crippen LogP contribution in [0.3, 0.4) is 0 Å². The smallest absolute Gasteiger partial charge is 0.0699 e. The summed E-state index contributed by atoms with van der Waals surface area (Å²) in [6.45, 7) is 8.82. The third kappa shape index (κ3) is 1.76. The van der Waals surface area contributed by atoms with Crippen LogP contribution >= 0.6 is 0 Å². The Morgan fingerprint density at radius 1 is 1.27 bits per heavy atom. The fourth-order valence-corrected chi connectivity index (χ4v) is 1.81. The normalized spacial score (nSPS) is 12.3. The van der Waals surface area contributed by atoms with Gasteiger partial charge >= 0.3 is 0 Å². The Kier molecular flexibility index (Phi) is 2.29. The van der Waals surface area contributed by atoms with Gasteiger partial charge in [0, 0.05) is 11.8 Å². The van der Waals surface area contributed by atoms with E-state index in [-0.39, 0.29) is 5.41 Å². The van der Waals surface area contributed by atoms with E-state index in [9.17, 15) is 0 Å². The van der Waals surface area contributed by atoms with Gasteiger partial charge < -0.3 is 0 Å². The second-order valence-electron chi connectivity index (χ2n) is 5.03. The molecule has 2 aromatic rings. The zero-order valence-electron chi connectivity index (χ0n) is 9.91.